The molecule has 0 unspecified atom stereocenters. The third-order valence-corrected chi connectivity index (χ3v) is 5.08. The van der Waals surface area contributed by atoms with E-state index in [1.54, 1.807) is 0 Å². The minimum absolute atomic E-state index is 0.130. The average Bonchev–Trinajstić information content (AvgIpc) is 2.56. The third kappa shape index (κ3) is 4.48. The molecule has 0 heterocycles. The van der Waals surface area contributed by atoms with Gasteiger partial charge in [-0.2, -0.15) is 0 Å². The second-order valence-electron chi connectivity index (χ2n) is 6.31. The molecule has 22 heavy (non-hydrogen) atoms. The maximum Gasteiger partial charge on any atom is 0.349 e. The molecule has 1 amide bonds. The van der Waals surface area contributed by atoms with E-state index in [9.17, 15) is 9.59 Å². The van der Waals surface area contributed by atoms with Crippen LogP contribution in [0.15, 0.2) is 11.1 Å². The molecule has 0 bridgehead atoms. The second-order valence-corrected chi connectivity index (χ2v) is 6.72. The molecule has 0 N–H and O–H groups in total. The monoisotopic (exact) mass is 327 g/mol. The van der Waals surface area contributed by atoms with Gasteiger partial charge in [0.15, 0.2) is 0 Å². The summed E-state index contributed by atoms with van der Waals surface area (Å²) < 4.78 is 4.57. The first-order valence-corrected chi connectivity index (χ1v) is 8.79. The second kappa shape index (κ2) is 8.56. The number of halogens is 1. The zero-order chi connectivity index (χ0) is 15.9. The molecule has 4 nitrogen and oxygen atoms in total. The summed E-state index contributed by atoms with van der Waals surface area (Å²) in [6, 6.07) is 0.588. The Morgan fingerprint density at radius 3 is 1.82 bits per heavy atom. The lowest BCUT2D eigenvalue weighted by Crippen LogP contribution is -2.48. The van der Waals surface area contributed by atoms with Gasteiger partial charge in [0.25, 0.3) is 0 Å². The third-order valence-electron chi connectivity index (χ3n) is 4.82. The summed E-state index contributed by atoms with van der Waals surface area (Å²) in [5.74, 6) is -0.781. The van der Waals surface area contributed by atoms with Gasteiger partial charge in [-0.3, -0.25) is 4.79 Å². The van der Waals surface area contributed by atoms with Crippen molar-refractivity contribution in [1.29, 1.82) is 0 Å². The fourth-order valence-corrected chi connectivity index (χ4v) is 3.89. The van der Waals surface area contributed by atoms with Crippen LogP contribution in [0.25, 0.3) is 0 Å². The van der Waals surface area contributed by atoms with Crippen LogP contribution in [0.1, 0.15) is 64.2 Å². The molecule has 124 valence electrons. The fraction of sp³-hybridized carbons (Fsp3) is 0.765. The van der Waals surface area contributed by atoms with Crippen LogP contribution in [-0.4, -0.2) is 36.0 Å². The Morgan fingerprint density at radius 2 is 1.41 bits per heavy atom. The Kier molecular flexibility index (Phi) is 6.74. The lowest BCUT2D eigenvalue weighted by molar-refractivity contribution is -0.137. The number of nitrogens with zero attached hydrogens (tertiary/aromatic N) is 1. The number of esters is 1. The predicted molar refractivity (Wildman–Crippen MR) is 86.5 cm³/mol. The van der Waals surface area contributed by atoms with Gasteiger partial charge in [0.2, 0.25) is 5.91 Å². The first-order chi connectivity index (χ1) is 10.6. The van der Waals surface area contributed by atoms with Crippen molar-refractivity contribution < 1.29 is 14.3 Å². The number of ether oxygens (including phenoxy) is 1. The van der Waals surface area contributed by atoms with Crippen molar-refractivity contribution in [2.45, 2.75) is 76.3 Å². The molecule has 2 rings (SSSR count). The summed E-state index contributed by atoms with van der Waals surface area (Å²) in [5, 5.41) is -0.135. The number of methoxy groups -OCH3 is 1. The van der Waals surface area contributed by atoms with E-state index in [4.69, 9.17) is 11.6 Å². The van der Waals surface area contributed by atoms with E-state index in [2.05, 4.69) is 4.74 Å². The fourth-order valence-electron chi connectivity index (χ4n) is 3.72. The first-order valence-electron chi connectivity index (χ1n) is 8.41. The molecular formula is C17H26ClNO3. The van der Waals surface area contributed by atoms with Crippen molar-refractivity contribution >= 4 is 23.5 Å². The maximum absolute atomic E-state index is 12.7. The molecular weight excluding hydrogens is 302 g/mol. The Morgan fingerprint density at radius 1 is 0.955 bits per heavy atom. The van der Waals surface area contributed by atoms with Gasteiger partial charge < -0.3 is 9.64 Å². The highest BCUT2D eigenvalue weighted by Crippen LogP contribution is 2.30. The summed E-state index contributed by atoms with van der Waals surface area (Å²) in [7, 11) is 1.27. The molecule has 2 saturated carbocycles. The highest BCUT2D eigenvalue weighted by atomic mass is 35.5. The van der Waals surface area contributed by atoms with Crippen LogP contribution in [0.5, 0.6) is 0 Å². The Balaban J connectivity index is 2.14. The summed E-state index contributed by atoms with van der Waals surface area (Å²) in [5.41, 5.74) is 0. The van der Waals surface area contributed by atoms with E-state index in [1.807, 2.05) is 4.90 Å². The van der Waals surface area contributed by atoms with E-state index >= 15 is 0 Å². The summed E-state index contributed by atoms with van der Waals surface area (Å²) in [4.78, 5) is 26.2. The molecule has 0 aliphatic heterocycles. The number of rotatable bonds is 4. The van der Waals surface area contributed by atoms with Crippen molar-refractivity contribution in [3.8, 4) is 0 Å². The van der Waals surface area contributed by atoms with Gasteiger partial charge in [-0.15, -0.1) is 0 Å². The van der Waals surface area contributed by atoms with Crippen LogP contribution in [-0.2, 0) is 14.3 Å². The standard InChI is InChI=1S/C17H26ClNO3/c1-22-17(21)15(18)12-16(20)19(13-8-4-2-5-9-13)14-10-6-3-7-11-14/h12-14H,2-11H2,1H3/b15-12+. The van der Waals surface area contributed by atoms with E-state index in [1.165, 1.54) is 51.7 Å². The summed E-state index contributed by atoms with van der Waals surface area (Å²) in [6.45, 7) is 0. The minimum Gasteiger partial charge on any atom is -0.465 e. The molecule has 5 heteroatoms. The van der Waals surface area contributed by atoms with Crippen molar-refractivity contribution in [3.63, 3.8) is 0 Å². The molecule has 0 radical (unpaired) electrons. The van der Waals surface area contributed by atoms with Gasteiger partial charge in [0.1, 0.15) is 5.03 Å². The van der Waals surface area contributed by atoms with Gasteiger partial charge in [0, 0.05) is 18.2 Å². The number of amides is 1. The number of carbonyl (C=O) groups excluding carboxylic acids is 2. The smallest absolute Gasteiger partial charge is 0.349 e. The SMILES string of the molecule is COC(=O)/C(Cl)=C\C(=O)N(C1CCCCC1)C1CCCCC1. The summed E-state index contributed by atoms with van der Waals surface area (Å²) >= 11 is 5.89. The van der Waals surface area contributed by atoms with Crippen LogP contribution < -0.4 is 0 Å². The number of hydrogen-bond acceptors (Lipinski definition) is 3. The van der Waals surface area contributed by atoms with Gasteiger partial charge >= 0.3 is 5.97 Å². The number of hydrogen-bond donors (Lipinski definition) is 0. The first kappa shape index (κ1) is 17.3. The van der Waals surface area contributed by atoms with Crippen LogP contribution in [0.2, 0.25) is 0 Å². The highest BCUT2D eigenvalue weighted by Gasteiger charge is 2.32. The minimum atomic E-state index is -0.651. The molecule has 2 aliphatic rings. The molecule has 0 spiro atoms. The Hall–Kier alpha value is -1.03. The van der Waals surface area contributed by atoms with E-state index in [0.717, 1.165) is 25.7 Å². The Bertz CT molecular complexity index is 406. The maximum atomic E-state index is 12.7. The summed E-state index contributed by atoms with van der Waals surface area (Å²) in [6.07, 6.45) is 12.7. The van der Waals surface area contributed by atoms with Crippen molar-refractivity contribution in [2.75, 3.05) is 7.11 Å². The molecule has 0 saturated heterocycles. The molecule has 0 aromatic heterocycles. The predicted octanol–water partition coefficient (Wildman–Crippen LogP) is 3.78. The van der Waals surface area contributed by atoms with Crippen LogP contribution in [0.4, 0.5) is 0 Å². The van der Waals surface area contributed by atoms with Gasteiger partial charge in [-0.05, 0) is 25.7 Å². The van der Waals surface area contributed by atoms with Crippen LogP contribution in [0.3, 0.4) is 0 Å². The van der Waals surface area contributed by atoms with Gasteiger partial charge in [-0.1, -0.05) is 50.1 Å². The molecule has 0 aromatic rings. The van der Waals surface area contributed by atoms with Crippen molar-refractivity contribution in [2.24, 2.45) is 0 Å². The van der Waals surface area contributed by atoms with Crippen LogP contribution >= 0.6 is 11.6 Å². The topological polar surface area (TPSA) is 46.6 Å². The van der Waals surface area contributed by atoms with Crippen molar-refractivity contribution in [1.82, 2.24) is 4.90 Å². The van der Waals surface area contributed by atoms with E-state index < -0.39 is 5.97 Å². The number of carbonyl (C=O) groups is 2. The average molecular weight is 328 g/mol. The Labute approximate surface area is 137 Å². The van der Waals surface area contributed by atoms with E-state index in [0.29, 0.717) is 12.1 Å². The molecule has 2 fully saturated rings. The molecule has 2 aliphatic carbocycles. The lowest BCUT2D eigenvalue weighted by Gasteiger charge is -2.41. The van der Waals surface area contributed by atoms with Crippen LogP contribution in [0, 0.1) is 0 Å². The van der Waals surface area contributed by atoms with Gasteiger partial charge in [-0.25, -0.2) is 4.79 Å². The van der Waals surface area contributed by atoms with Crippen molar-refractivity contribution in [3.05, 3.63) is 11.1 Å². The quantitative estimate of drug-likeness (QED) is 0.583. The molecule has 0 aromatic carbocycles. The lowest BCUT2D eigenvalue weighted by atomic mass is 9.88. The zero-order valence-corrected chi connectivity index (χ0v) is 14.1. The van der Waals surface area contributed by atoms with E-state index in [-0.39, 0.29) is 10.9 Å². The molecule has 0 atom stereocenters. The van der Waals surface area contributed by atoms with Gasteiger partial charge in [0.05, 0.1) is 7.11 Å². The zero-order valence-electron chi connectivity index (χ0n) is 13.4. The highest BCUT2D eigenvalue weighted by molar-refractivity contribution is 6.42. The largest absolute Gasteiger partial charge is 0.465 e. The normalized spacial score (nSPS) is 21.5.